The highest BCUT2D eigenvalue weighted by Crippen LogP contribution is 2.24. The first-order valence-corrected chi connectivity index (χ1v) is 5.24. The minimum Gasteiger partial charge on any atom is -0.439 e. The average molecular weight is 209 g/mol. The lowest BCUT2D eigenvalue weighted by Gasteiger charge is -1.91. The molecule has 0 aliphatic rings. The fourth-order valence-corrected chi connectivity index (χ4v) is 1.78. The van der Waals surface area contributed by atoms with Crippen molar-refractivity contribution in [1.82, 2.24) is 9.97 Å². The summed E-state index contributed by atoms with van der Waals surface area (Å²) in [5.41, 5.74) is 8.09. The molecule has 14 heavy (non-hydrogen) atoms. The van der Waals surface area contributed by atoms with Gasteiger partial charge in [0.2, 0.25) is 0 Å². The van der Waals surface area contributed by atoms with Crippen molar-refractivity contribution >= 4 is 11.3 Å². The van der Waals surface area contributed by atoms with Crippen LogP contribution in [-0.4, -0.2) is 16.5 Å². The maximum Gasteiger partial charge on any atom is 0.196 e. The number of aryl methyl sites for hydroxylation is 1. The maximum atomic E-state index is 5.50. The van der Waals surface area contributed by atoms with Crippen LogP contribution >= 0.6 is 11.3 Å². The Hall–Kier alpha value is -1.20. The van der Waals surface area contributed by atoms with Crippen molar-refractivity contribution in [2.24, 2.45) is 5.73 Å². The van der Waals surface area contributed by atoms with Gasteiger partial charge in [0.1, 0.15) is 5.69 Å². The number of rotatable bonds is 3. The molecule has 0 spiro atoms. The third-order valence-corrected chi connectivity index (χ3v) is 2.65. The van der Waals surface area contributed by atoms with Gasteiger partial charge in [0.15, 0.2) is 11.7 Å². The number of hydrogen-bond donors (Lipinski definition) is 1. The number of nitrogens with two attached hydrogens (primary N) is 1. The molecule has 0 saturated heterocycles. The van der Waals surface area contributed by atoms with E-state index in [9.17, 15) is 0 Å². The monoisotopic (exact) mass is 209 g/mol. The van der Waals surface area contributed by atoms with Crippen molar-refractivity contribution in [1.29, 1.82) is 0 Å². The summed E-state index contributed by atoms with van der Waals surface area (Å²) in [7, 11) is 0. The molecule has 0 bridgehead atoms. The predicted molar refractivity (Wildman–Crippen MR) is 55.1 cm³/mol. The summed E-state index contributed by atoms with van der Waals surface area (Å²) in [5, 5.41) is 0. The van der Waals surface area contributed by atoms with Gasteiger partial charge in [-0.25, -0.2) is 9.97 Å². The van der Waals surface area contributed by atoms with Crippen molar-refractivity contribution in [2.75, 3.05) is 6.54 Å². The number of aromatic nitrogens is 2. The van der Waals surface area contributed by atoms with Crippen molar-refractivity contribution in [3.05, 3.63) is 22.5 Å². The second kappa shape index (κ2) is 3.89. The maximum absolute atomic E-state index is 5.50. The van der Waals surface area contributed by atoms with Crippen LogP contribution in [0.1, 0.15) is 10.8 Å². The van der Waals surface area contributed by atoms with E-state index >= 15 is 0 Å². The number of oxazole rings is 1. The molecular formula is C9H11N3OS. The van der Waals surface area contributed by atoms with Gasteiger partial charge in [0.25, 0.3) is 0 Å². The Morgan fingerprint density at radius 2 is 2.36 bits per heavy atom. The highest BCUT2D eigenvalue weighted by atomic mass is 32.1. The molecule has 4 nitrogen and oxygen atoms in total. The summed E-state index contributed by atoms with van der Waals surface area (Å²) < 4.78 is 5.50. The SMILES string of the molecule is Cc1scnc1-c1cnc(CCN)o1. The van der Waals surface area contributed by atoms with Crippen LogP contribution < -0.4 is 5.73 Å². The van der Waals surface area contributed by atoms with E-state index < -0.39 is 0 Å². The molecule has 0 atom stereocenters. The van der Waals surface area contributed by atoms with E-state index in [1.54, 1.807) is 23.0 Å². The zero-order chi connectivity index (χ0) is 9.97. The zero-order valence-corrected chi connectivity index (χ0v) is 8.67. The van der Waals surface area contributed by atoms with E-state index in [2.05, 4.69) is 9.97 Å². The lowest BCUT2D eigenvalue weighted by atomic mass is 10.3. The Morgan fingerprint density at radius 1 is 1.50 bits per heavy atom. The van der Waals surface area contributed by atoms with Crippen LogP contribution in [0.4, 0.5) is 0 Å². The van der Waals surface area contributed by atoms with Gasteiger partial charge >= 0.3 is 0 Å². The smallest absolute Gasteiger partial charge is 0.196 e. The first-order valence-electron chi connectivity index (χ1n) is 4.36. The molecule has 2 aromatic heterocycles. The number of nitrogens with zero attached hydrogens (tertiary/aromatic N) is 2. The molecule has 0 fully saturated rings. The Bertz CT molecular complexity index is 421. The summed E-state index contributed by atoms with van der Waals surface area (Å²) in [6.07, 6.45) is 2.37. The summed E-state index contributed by atoms with van der Waals surface area (Å²) in [6.45, 7) is 2.56. The van der Waals surface area contributed by atoms with Crippen molar-refractivity contribution in [3.8, 4) is 11.5 Å². The first kappa shape index (κ1) is 9.36. The van der Waals surface area contributed by atoms with Gasteiger partial charge in [-0.1, -0.05) is 0 Å². The summed E-state index contributed by atoms with van der Waals surface area (Å²) >= 11 is 1.60. The number of thiazole rings is 1. The molecule has 2 heterocycles. The van der Waals surface area contributed by atoms with Crippen LogP contribution in [0, 0.1) is 6.92 Å². The van der Waals surface area contributed by atoms with Gasteiger partial charge < -0.3 is 10.2 Å². The molecule has 0 aliphatic carbocycles. The normalized spacial score (nSPS) is 10.7. The Morgan fingerprint density at radius 3 is 3.00 bits per heavy atom. The summed E-state index contributed by atoms with van der Waals surface area (Å²) in [5.74, 6) is 1.40. The Labute approximate surface area is 85.8 Å². The molecule has 0 unspecified atom stereocenters. The minimum absolute atomic E-state index is 0.552. The van der Waals surface area contributed by atoms with E-state index in [-0.39, 0.29) is 0 Å². The molecule has 2 N–H and O–H groups in total. The second-order valence-corrected chi connectivity index (χ2v) is 3.97. The van der Waals surface area contributed by atoms with Crippen LogP contribution in [0.5, 0.6) is 0 Å². The van der Waals surface area contributed by atoms with Crippen molar-refractivity contribution in [2.45, 2.75) is 13.3 Å². The standard InChI is InChI=1S/C9H11N3OS/c1-6-9(12-5-14-6)7-4-11-8(13-7)2-3-10/h4-5H,2-3,10H2,1H3. The Kier molecular flexibility index (Phi) is 2.60. The molecule has 5 heteroatoms. The zero-order valence-electron chi connectivity index (χ0n) is 7.86. The molecule has 0 amide bonds. The number of hydrogen-bond acceptors (Lipinski definition) is 5. The lowest BCUT2D eigenvalue weighted by molar-refractivity contribution is 0.506. The van der Waals surface area contributed by atoms with Crippen LogP contribution in [0.3, 0.4) is 0 Å². The topological polar surface area (TPSA) is 64.9 Å². The lowest BCUT2D eigenvalue weighted by Crippen LogP contribution is -2.02. The van der Waals surface area contributed by atoms with Gasteiger partial charge in [-0.15, -0.1) is 11.3 Å². The molecule has 0 radical (unpaired) electrons. The van der Waals surface area contributed by atoms with Crippen LogP contribution in [0.15, 0.2) is 16.1 Å². The molecule has 0 aromatic carbocycles. The molecule has 0 aliphatic heterocycles. The van der Waals surface area contributed by atoms with Gasteiger partial charge in [-0.3, -0.25) is 0 Å². The summed E-state index contributed by atoms with van der Waals surface area (Å²) in [6, 6.07) is 0. The van der Waals surface area contributed by atoms with Gasteiger partial charge in [-0.2, -0.15) is 0 Å². The predicted octanol–water partition coefficient (Wildman–Crippen LogP) is 1.61. The highest BCUT2D eigenvalue weighted by molar-refractivity contribution is 7.10. The molecule has 0 saturated carbocycles. The van der Waals surface area contributed by atoms with E-state index in [4.69, 9.17) is 10.2 Å². The Balaban J connectivity index is 2.29. The second-order valence-electron chi connectivity index (χ2n) is 2.91. The summed E-state index contributed by atoms with van der Waals surface area (Å²) in [4.78, 5) is 9.47. The van der Waals surface area contributed by atoms with Crippen molar-refractivity contribution in [3.63, 3.8) is 0 Å². The van der Waals surface area contributed by atoms with E-state index in [1.165, 1.54) is 0 Å². The van der Waals surface area contributed by atoms with Crippen molar-refractivity contribution < 1.29 is 4.42 Å². The van der Waals surface area contributed by atoms with Gasteiger partial charge in [-0.05, 0) is 6.92 Å². The molecule has 2 aromatic rings. The van der Waals surface area contributed by atoms with Crippen LogP contribution in [-0.2, 0) is 6.42 Å². The van der Waals surface area contributed by atoms with Crippen LogP contribution in [0.2, 0.25) is 0 Å². The molecule has 74 valence electrons. The van der Waals surface area contributed by atoms with E-state index in [1.807, 2.05) is 6.92 Å². The minimum atomic E-state index is 0.552. The highest BCUT2D eigenvalue weighted by Gasteiger charge is 2.10. The molecular weight excluding hydrogens is 198 g/mol. The molecule has 2 rings (SSSR count). The largest absolute Gasteiger partial charge is 0.439 e. The average Bonchev–Trinajstić information content (AvgIpc) is 2.74. The quantitative estimate of drug-likeness (QED) is 0.834. The third kappa shape index (κ3) is 1.69. The third-order valence-electron chi connectivity index (χ3n) is 1.89. The van der Waals surface area contributed by atoms with Gasteiger partial charge in [0.05, 0.1) is 11.7 Å². The fraction of sp³-hybridized carbons (Fsp3) is 0.333. The van der Waals surface area contributed by atoms with E-state index in [0.29, 0.717) is 18.9 Å². The first-order chi connectivity index (χ1) is 6.81. The van der Waals surface area contributed by atoms with Gasteiger partial charge in [0, 0.05) is 17.8 Å². The van der Waals surface area contributed by atoms with E-state index in [0.717, 1.165) is 16.3 Å². The fourth-order valence-electron chi connectivity index (χ4n) is 1.20. The van der Waals surface area contributed by atoms with Crippen LogP contribution in [0.25, 0.3) is 11.5 Å².